The molecule has 2 aliphatic rings. The van der Waals surface area contributed by atoms with Crippen molar-refractivity contribution in [1.29, 1.82) is 0 Å². The third kappa shape index (κ3) is 4.53. The van der Waals surface area contributed by atoms with Crippen LogP contribution in [-0.2, 0) is 10.0 Å². The largest absolute Gasteiger partial charge is 0.454 e. The Labute approximate surface area is 169 Å². The topological polar surface area (TPSA) is 59.1 Å². The van der Waals surface area contributed by atoms with Crippen molar-refractivity contribution in [2.45, 2.75) is 0 Å². The molecule has 2 aromatic rings. The summed E-state index contributed by atoms with van der Waals surface area (Å²) in [5.74, 6) is 6.65. The molecule has 0 bridgehead atoms. The van der Waals surface area contributed by atoms with E-state index in [1.54, 1.807) is 30.3 Å². The van der Waals surface area contributed by atoms with Crippen LogP contribution < -0.4 is 14.4 Å². The second-order valence-corrected chi connectivity index (χ2v) is 8.37. The van der Waals surface area contributed by atoms with Crippen molar-refractivity contribution in [1.82, 2.24) is 4.31 Å². The maximum absolute atomic E-state index is 13.0. The third-order valence-electron chi connectivity index (χ3n) is 4.70. The maximum Gasteiger partial charge on any atom is 0.236 e. The molecule has 0 N–H and O–H groups in total. The Hall–Kier alpha value is -3.02. The summed E-state index contributed by atoms with van der Waals surface area (Å²) < 4.78 is 50.0. The van der Waals surface area contributed by atoms with Crippen LogP contribution in [0.1, 0.15) is 5.56 Å². The Morgan fingerprint density at radius 2 is 1.69 bits per heavy atom. The standard InChI is InChI=1S/C21H19FN2O4S/c22-18-5-7-19(8-6-18)23-10-12-24(13-11-23)29(25,26)14-2-1-3-17-4-9-20-21(15-17)28-16-27-20/h2,4-9,14-15H,10-13,16H2/b14-2+. The minimum atomic E-state index is -3.54. The van der Waals surface area contributed by atoms with Crippen LogP contribution in [0, 0.1) is 17.7 Å². The zero-order chi connectivity index (χ0) is 20.3. The van der Waals surface area contributed by atoms with Crippen LogP contribution in [0.25, 0.3) is 0 Å². The monoisotopic (exact) mass is 414 g/mol. The maximum atomic E-state index is 13.0. The fourth-order valence-corrected chi connectivity index (χ4v) is 4.24. The van der Waals surface area contributed by atoms with E-state index in [9.17, 15) is 12.8 Å². The van der Waals surface area contributed by atoms with Crippen LogP contribution in [0.5, 0.6) is 11.5 Å². The highest BCUT2D eigenvalue weighted by Gasteiger charge is 2.25. The first-order valence-electron chi connectivity index (χ1n) is 9.10. The summed E-state index contributed by atoms with van der Waals surface area (Å²) in [6.45, 7) is 2.00. The number of ether oxygens (including phenoxy) is 2. The predicted molar refractivity (Wildman–Crippen MR) is 108 cm³/mol. The van der Waals surface area contributed by atoms with Crippen molar-refractivity contribution in [2.24, 2.45) is 0 Å². The average molecular weight is 414 g/mol. The normalized spacial score (nSPS) is 16.7. The van der Waals surface area contributed by atoms with E-state index >= 15 is 0 Å². The summed E-state index contributed by atoms with van der Waals surface area (Å²) in [7, 11) is -3.54. The van der Waals surface area contributed by atoms with Crippen LogP contribution in [0.4, 0.5) is 10.1 Å². The number of hydrogen-bond donors (Lipinski definition) is 0. The summed E-state index contributed by atoms with van der Waals surface area (Å²) in [6, 6.07) is 11.5. The number of sulfonamides is 1. The van der Waals surface area contributed by atoms with Gasteiger partial charge in [-0.3, -0.25) is 0 Å². The quantitative estimate of drug-likeness (QED) is 0.723. The number of allylic oxidation sites excluding steroid dienone is 1. The van der Waals surface area contributed by atoms with Gasteiger partial charge in [0.1, 0.15) is 5.82 Å². The number of rotatable bonds is 3. The van der Waals surface area contributed by atoms with Crippen LogP contribution in [0.15, 0.2) is 53.9 Å². The summed E-state index contributed by atoms with van der Waals surface area (Å²) in [6.07, 6.45) is 1.34. The van der Waals surface area contributed by atoms with Gasteiger partial charge in [0, 0.05) is 43.5 Å². The number of hydrogen-bond acceptors (Lipinski definition) is 5. The SMILES string of the molecule is O=S(=O)(/C=C/C#Cc1ccc2c(c1)OCO2)N1CCN(c2ccc(F)cc2)CC1. The highest BCUT2D eigenvalue weighted by atomic mass is 32.2. The number of fused-ring (bicyclic) bond motifs is 1. The van der Waals surface area contributed by atoms with E-state index in [4.69, 9.17) is 9.47 Å². The fraction of sp³-hybridized carbons (Fsp3) is 0.238. The number of benzene rings is 2. The predicted octanol–water partition coefficient (Wildman–Crippen LogP) is 2.57. The van der Waals surface area contributed by atoms with Gasteiger partial charge in [0.25, 0.3) is 0 Å². The second kappa shape index (κ2) is 8.15. The average Bonchev–Trinajstić information content (AvgIpc) is 3.20. The molecule has 0 aliphatic carbocycles. The molecular weight excluding hydrogens is 395 g/mol. The van der Waals surface area contributed by atoms with E-state index in [1.807, 2.05) is 4.90 Å². The second-order valence-electron chi connectivity index (χ2n) is 6.55. The molecule has 150 valence electrons. The molecule has 0 amide bonds. The molecule has 0 radical (unpaired) electrons. The summed E-state index contributed by atoms with van der Waals surface area (Å²) >= 11 is 0. The van der Waals surface area contributed by atoms with Gasteiger partial charge in [0.2, 0.25) is 16.8 Å². The first-order chi connectivity index (χ1) is 14.0. The van der Waals surface area contributed by atoms with Crippen molar-refractivity contribution in [2.75, 3.05) is 37.9 Å². The lowest BCUT2D eigenvalue weighted by Crippen LogP contribution is -2.48. The van der Waals surface area contributed by atoms with Gasteiger partial charge in [0.05, 0.1) is 5.41 Å². The van der Waals surface area contributed by atoms with Crippen LogP contribution in [-0.4, -0.2) is 45.7 Å². The molecule has 29 heavy (non-hydrogen) atoms. The van der Waals surface area contributed by atoms with Crippen LogP contribution >= 0.6 is 0 Å². The van der Waals surface area contributed by atoms with Crippen molar-refractivity contribution >= 4 is 15.7 Å². The lowest BCUT2D eigenvalue weighted by Gasteiger charge is -2.34. The molecule has 0 saturated carbocycles. The Kier molecular flexibility index (Phi) is 5.43. The van der Waals surface area contributed by atoms with Gasteiger partial charge in [-0.25, -0.2) is 12.8 Å². The lowest BCUT2D eigenvalue weighted by molar-refractivity contribution is 0.174. The molecule has 0 atom stereocenters. The minimum absolute atomic E-state index is 0.193. The molecule has 8 heteroatoms. The Balaban J connectivity index is 1.35. The van der Waals surface area contributed by atoms with Gasteiger partial charge in [-0.2, -0.15) is 4.31 Å². The van der Waals surface area contributed by atoms with Gasteiger partial charge in [0.15, 0.2) is 11.5 Å². The van der Waals surface area contributed by atoms with Gasteiger partial charge in [-0.15, -0.1) is 0 Å². The first-order valence-corrected chi connectivity index (χ1v) is 10.6. The van der Waals surface area contributed by atoms with E-state index in [1.165, 1.54) is 22.5 Å². The molecule has 2 aliphatic heterocycles. The molecule has 2 aromatic carbocycles. The molecule has 0 unspecified atom stereocenters. The highest BCUT2D eigenvalue weighted by Crippen LogP contribution is 2.32. The first kappa shape index (κ1) is 19.3. The molecule has 0 aromatic heterocycles. The molecule has 1 fully saturated rings. The van der Waals surface area contributed by atoms with Crippen molar-refractivity contribution in [3.05, 3.63) is 65.3 Å². The molecule has 2 heterocycles. The van der Waals surface area contributed by atoms with Gasteiger partial charge < -0.3 is 14.4 Å². The zero-order valence-corrected chi connectivity index (χ0v) is 16.4. The Morgan fingerprint density at radius 1 is 0.966 bits per heavy atom. The fourth-order valence-electron chi connectivity index (χ4n) is 3.16. The van der Waals surface area contributed by atoms with Crippen LogP contribution in [0.2, 0.25) is 0 Å². The highest BCUT2D eigenvalue weighted by molar-refractivity contribution is 7.92. The Bertz CT molecular complexity index is 1080. The number of anilines is 1. The lowest BCUT2D eigenvalue weighted by atomic mass is 10.2. The Morgan fingerprint density at radius 3 is 2.45 bits per heavy atom. The van der Waals surface area contributed by atoms with Crippen molar-refractivity contribution in [3.63, 3.8) is 0 Å². The van der Waals surface area contributed by atoms with E-state index < -0.39 is 10.0 Å². The van der Waals surface area contributed by atoms with Gasteiger partial charge in [-0.1, -0.05) is 11.8 Å². The van der Waals surface area contributed by atoms with E-state index in [0.29, 0.717) is 43.2 Å². The van der Waals surface area contributed by atoms with E-state index in [-0.39, 0.29) is 12.6 Å². The zero-order valence-electron chi connectivity index (χ0n) is 15.5. The summed E-state index contributed by atoms with van der Waals surface area (Å²) in [5, 5.41) is 1.13. The van der Waals surface area contributed by atoms with Crippen molar-refractivity contribution in [3.8, 4) is 23.3 Å². The summed E-state index contributed by atoms with van der Waals surface area (Å²) in [5.41, 5.74) is 1.60. The third-order valence-corrected chi connectivity index (χ3v) is 6.27. The van der Waals surface area contributed by atoms with E-state index in [0.717, 1.165) is 11.1 Å². The summed E-state index contributed by atoms with van der Waals surface area (Å²) in [4.78, 5) is 2.04. The molecule has 0 spiro atoms. The number of halogens is 1. The minimum Gasteiger partial charge on any atom is -0.454 e. The van der Waals surface area contributed by atoms with Crippen molar-refractivity contribution < 1.29 is 22.3 Å². The number of nitrogens with zero attached hydrogens (tertiary/aromatic N) is 2. The number of piperazine rings is 1. The smallest absolute Gasteiger partial charge is 0.236 e. The van der Waals surface area contributed by atoms with Crippen LogP contribution in [0.3, 0.4) is 0 Å². The molecule has 1 saturated heterocycles. The van der Waals surface area contributed by atoms with Gasteiger partial charge >= 0.3 is 0 Å². The molecule has 4 rings (SSSR count). The molecular formula is C21H19FN2O4S. The molecule has 6 nitrogen and oxygen atoms in total. The van der Waals surface area contributed by atoms with Gasteiger partial charge in [-0.05, 0) is 42.5 Å². The van der Waals surface area contributed by atoms with E-state index in [2.05, 4.69) is 11.8 Å².